The van der Waals surface area contributed by atoms with Gasteiger partial charge in [-0.05, 0) is 49.2 Å². The number of rotatable bonds is 5. The standard InChI is InChI=1S/C20H20N4O3S2/c21-16-7-3-14(4-8-16)18-13-28-20(22-18)23-19(25)15-5-9-17(10-6-15)29(26,27)24-11-1-2-12-24/h3-10,13H,1-2,11-12,21H2,(H,22,23,25). The van der Waals surface area contributed by atoms with E-state index in [0.717, 1.165) is 24.1 Å². The molecule has 1 saturated heterocycles. The number of carbonyl (C=O) groups is 1. The Morgan fingerprint density at radius 2 is 1.69 bits per heavy atom. The Hall–Kier alpha value is -2.75. The zero-order valence-electron chi connectivity index (χ0n) is 15.5. The maximum Gasteiger partial charge on any atom is 0.257 e. The van der Waals surface area contributed by atoms with Crippen molar-refractivity contribution >= 4 is 38.1 Å². The lowest BCUT2D eigenvalue weighted by Gasteiger charge is -2.15. The summed E-state index contributed by atoms with van der Waals surface area (Å²) in [6.07, 6.45) is 1.76. The van der Waals surface area contributed by atoms with Crippen molar-refractivity contribution in [2.24, 2.45) is 0 Å². The Morgan fingerprint density at radius 3 is 2.34 bits per heavy atom. The van der Waals surface area contributed by atoms with Gasteiger partial charge in [-0.1, -0.05) is 12.1 Å². The van der Waals surface area contributed by atoms with E-state index in [1.54, 1.807) is 12.1 Å². The summed E-state index contributed by atoms with van der Waals surface area (Å²) in [5.41, 5.74) is 8.40. The third-order valence-corrected chi connectivity index (χ3v) is 7.42. The van der Waals surface area contributed by atoms with Crippen LogP contribution in [0.15, 0.2) is 58.8 Å². The summed E-state index contributed by atoms with van der Waals surface area (Å²) >= 11 is 1.32. The smallest absolute Gasteiger partial charge is 0.257 e. The summed E-state index contributed by atoms with van der Waals surface area (Å²) in [5.74, 6) is -0.340. The monoisotopic (exact) mass is 428 g/mol. The van der Waals surface area contributed by atoms with Gasteiger partial charge in [0.05, 0.1) is 10.6 Å². The molecule has 4 rings (SSSR count). The second-order valence-corrected chi connectivity index (χ2v) is 9.55. The molecule has 29 heavy (non-hydrogen) atoms. The third-order valence-electron chi connectivity index (χ3n) is 4.75. The molecule has 9 heteroatoms. The molecule has 3 aromatic rings. The SMILES string of the molecule is Nc1ccc(-c2csc(NC(=O)c3ccc(S(=O)(=O)N4CCCC4)cc3)n2)cc1. The summed E-state index contributed by atoms with van der Waals surface area (Å²) < 4.78 is 26.6. The fourth-order valence-electron chi connectivity index (χ4n) is 3.14. The van der Waals surface area contributed by atoms with E-state index in [1.165, 1.54) is 39.9 Å². The lowest BCUT2D eigenvalue weighted by Crippen LogP contribution is -2.27. The molecule has 0 atom stereocenters. The van der Waals surface area contributed by atoms with E-state index in [-0.39, 0.29) is 10.8 Å². The number of aromatic nitrogens is 1. The van der Waals surface area contributed by atoms with E-state index >= 15 is 0 Å². The molecule has 2 aromatic carbocycles. The number of benzene rings is 2. The van der Waals surface area contributed by atoms with Crippen molar-refractivity contribution in [1.82, 2.24) is 9.29 Å². The van der Waals surface area contributed by atoms with Gasteiger partial charge in [-0.3, -0.25) is 10.1 Å². The van der Waals surface area contributed by atoms with Gasteiger partial charge in [0.2, 0.25) is 10.0 Å². The van der Waals surface area contributed by atoms with Gasteiger partial charge < -0.3 is 5.73 Å². The highest BCUT2D eigenvalue weighted by atomic mass is 32.2. The van der Waals surface area contributed by atoms with E-state index in [1.807, 2.05) is 17.5 Å². The van der Waals surface area contributed by atoms with Crippen LogP contribution < -0.4 is 11.1 Å². The predicted molar refractivity (Wildman–Crippen MR) is 114 cm³/mol. The maximum absolute atomic E-state index is 12.6. The largest absolute Gasteiger partial charge is 0.399 e. The van der Waals surface area contributed by atoms with Crippen molar-refractivity contribution in [2.45, 2.75) is 17.7 Å². The zero-order chi connectivity index (χ0) is 20.4. The molecule has 150 valence electrons. The number of sulfonamides is 1. The van der Waals surface area contributed by atoms with Gasteiger partial charge in [0.1, 0.15) is 0 Å². The number of nitrogens with two attached hydrogens (primary N) is 1. The van der Waals surface area contributed by atoms with Crippen LogP contribution >= 0.6 is 11.3 Å². The van der Waals surface area contributed by atoms with Crippen LogP contribution in [0.5, 0.6) is 0 Å². The van der Waals surface area contributed by atoms with E-state index in [4.69, 9.17) is 5.73 Å². The molecule has 1 fully saturated rings. The molecular weight excluding hydrogens is 408 g/mol. The van der Waals surface area contributed by atoms with Crippen LogP contribution in [0.4, 0.5) is 10.8 Å². The van der Waals surface area contributed by atoms with E-state index in [0.29, 0.717) is 29.5 Å². The Bertz CT molecular complexity index is 1120. The number of nitrogens with one attached hydrogen (secondary N) is 1. The van der Waals surface area contributed by atoms with Gasteiger partial charge in [0.25, 0.3) is 5.91 Å². The molecule has 2 heterocycles. The van der Waals surface area contributed by atoms with Crippen LogP contribution in [-0.4, -0.2) is 36.7 Å². The second kappa shape index (κ2) is 7.94. The van der Waals surface area contributed by atoms with Gasteiger partial charge in [-0.25, -0.2) is 13.4 Å². The van der Waals surface area contributed by atoms with Crippen LogP contribution in [0.2, 0.25) is 0 Å². The molecule has 0 radical (unpaired) electrons. The van der Waals surface area contributed by atoms with Crippen molar-refractivity contribution < 1.29 is 13.2 Å². The van der Waals surface area contributed by atoms with Gasteiger partial charge in [0, 0.05) is 35.3 Å². The van der Waals surface area contributed by atoms with Crippen LogP contribution in [0.3, 0.4) is 0 Å². The minimum Gasteiger partial charge on any atom is -0.399 e. The number of nitrogen functional groups attached to an aromatic ring is 1. The highest BCUT2D eigenvalue weighted by molar-refractivity contribution is 7.89. The zero-order valence-corrected chi connectivity index (χ0v) is 17.2. The molecular formula is C20H20N4O3S2. The Kier molecular flexibility index (Phi) is 5.35. The highest BCUT2D eigenvalue weighted by Crippen LogP contribution is 2.26. The van der Waals surface area contributed by atoms with Crippen molar-refractivity contribution in [1.29, 1.82) is 0 Å². The summed E-state index contributed by atoms with van der Waals surface area (Å²) in [7, 11) is -3.49. The maximum atomic E-state index is 12.6. The summed E-state index contributed by atoms with van der Waals surface area (Å²) in [6, 6.07) is 13.3. The first-order valence-electron chi connectivity index (χ1n) is 9.16. The summed E-state index contributed by atoms with van der Waals surface area (Å²) in [4.78, 5) is 17.1. The Labute approximate surface area is 173 Å². The van der Waals surface area contributed by atoms with E-state index in [2.05, 4.69) is 10.3 Å². The molecule has 0 saturated carbocycles. The third kappa shape index (κ3) is 4.16. The van der Waals surface area contributed by atoms with Crippen molar-refractivity contribution in [3.63, 3.8) is 0 Å². The van der Waals surface area contributed by atoms with Crippen LogP contribution in [0, 0.1) is 0 Å². The van der Waals surface area contributed by atoms with Crippen LogP contribution in [0.1, 0.15) is 23.2 Å². The first-order chi connectivity index (χ1) is 13.9. The number of hydrogen-bond acceptors (Lipinski definition) is 6. The molecule has 1 aliphatic heterocycles. The molecule has 0 bridgehead atoms. The quantitative estimate of drug-likeness (QED) is 0.606. The first-order valence-corrected chi connectivity index (χ1v) is 11.5. The lowest BCUT2D eigenvalue weighted by molar-refractivity contribution is 0.102. The average molecular weight is 429 g/mol. The number of anilines is 2. The molecule has 1 aromatic heterocycles. The van der Waals surface area contributed by atoms with Crippen LogP contribution in [-0.2, 0) is 10.0 Å². The minimum absolute atomic E-state index is 0.204. The van der Waals surface area contributed by atoms with E-state index in [9.17, 15) is 13.2 Å². The fraction of sp³-hybridized carbons (Fsp3) is 0.200. The Morgan fingerprint density at radius 1 is 1.03 bits per heavy atom. The topological polar surface area (TPSA) is 105 Å². The van der Waals surface area contributed by atoms with Gasteiger partial charge in [-0.15, -0.1) is 11.3 Å². The Balaban J connectivity index is 1.46. The average Bonchev–Trinajstić information content (AvgIpc) is 3.41. The summed E-state index contributed by atoms with van der Waals surface area (Å²) in [6.45, 7) is 1.09. The van der Waals surface area contributed by atoms with Crippen molar-refractivity contribution in [2.75, 3.05) is 24.1 Å². The number of amides is 1. The van der Waals surface area contributed by atoms with Crippen molar-refractivity contribution in [3.8, 4) is 11.3 Å². The molecule has 7 nitrogen and oxygen atoms in total. The van der Waals surface area contributed by atoms with Crippen molar-refractivity contribution in [3.05, 3.63) is 59.5 Å². The predicted octanol–water partition coefficient (Wildman–Crippen LogP) is 3.43. The van der Waals surface area contributed by atoms with Crippen LogP contribution in [0.25, 0.3) is 11.3 Å². The van der Waals surface area contributed by atoms with Gasteiger partial charge >= 0.3 is 0 Å². The lowest BCUT2D eigenvalue weighted by atomic mass is 10.1. The molecule has 1 aliphatic rings. The van der Waals surface area contributed by atoms with E-state index < -0.39 is 10.0 Å². The number of hydrogen-bond donors (Lipinski definition) is 2. The first kappa shape index (κ1) is 19.6. The number of nitrogens with zero attached hydrogens (tertiary/aromatic N) is 2. The second-order valence-electron chi connectivity index (χ2n) is 6.75. The molecule has 0 spiro atoms. The fourth-order valence-corrected chi connectivity index (χ4v) is 5.37. The molecule has 0 unspecified atom stereocenters. The highest BCUT2D eigenvalue weighted by Gasteiger charge is 2.27. The van der Waals surface area contributed by atoms with Gasteiger partial charge in [0.15, 0.2) is 5.13 Å². The van der Waals surface area contributed by atoms with Gasteiger partial charge in [-0.2, -0.15) is 4.31 Å². The molecule has 1 amide bonds. The number of carbonyl (C=O) groups excluding carboxylic acids is 1. The molecule has 0 aliphatic carbocycles. The number of thiazole rings is 1. The normalized spacial score (nSPS) is 14.8. The molecule has 3 N–H and O–H groups in total. The summed E-state index contributed by atoms with van der Waals surface area (Å²) in [5, 5.41) is 5.08. The minimum atomic E-state index is -3.49.